The number of hydrogen-bond donors (Lipinski definition) is 4. The number of anilines is 1. The highest BCUT2D eigenvalue weighted by molar-refractivity contribution is 5.93. The second-order valence-electron chi connectivity index (χ2n) is 14.2. The van der Waals surface area contributed by atoms with Crippen molar-refractivity contribution in [3.05, 3.63) is 125 Å². The molecule has 0 saturated carbocycles. The van der Waals surface area contributed by atoms with Crippen molar-refractivity contribution in [2.75, 3.05) is 44.4 Å². The smallest absolute Gasteiger partial charge is 0.325 e. The molecule has 55 heavy (non-hydrogen) atoms. The number of benzene rings is 4. The zero-order valence-corrected chi connectivity index (χ0v) is 31.1. The molecule has 0 bridgehead atoms. The molecule has 3 saturated heterocycles. The number of likely N-dealkylation sites (tertiary alicyclic amines) is 1. The number of esters is 1. The Morgan fingerprint density at radius 2 is 1.60 bits per heavy atom. The number of urea groups is 1. The van der Waals surface area contributed by atoms with Crippen LogP contribution in [0.5, 0.6) is 0 Å². The highest BCUT2D eigenvalue weighted by Crippen LogP contribution is 2.40. The van der Waals surface area contributed by atoms with Gasteiger partial charge >= 0.3 is 12.0 Å². The minimum absolute atomic E-state index is 0.0233. The summed E-state index contributed by atoms with van der Waals surface area (Å²) >= 11 is 0. The third kappa shape index (κ3) is 8.84. The van der Waals surface area contributed by atoms with Gasteiger partial charge in [0.1, 0.15) is 12.1 Å². The Morgan fingerprint density at radius 1 is 0.891 bits per heavy atom. The van der Waals surface area contributed by atoms with E-state index in [4.69, 9.17) is 14.2 Å². The number of nitrogens with one attached hydrogen (secondary N) is 3. The summed E-state index contributed by atoms with van der Waals surface area (Å²) in [5, 5.41) is 18.1. The molecule has 12 nitrogen and oxygen atoms in total. The zero-order chi connectivity index (χ0) is 38.2. The third-order valence-corrected chi connectivity index (χ3v) is 10.8. The fourth-order valence-electron chi connectivity index (χ4n) is 7.84. The number of carbonyl (C=O) groups excluding carboxylic acids is 3. The van der Waals surface area contributed by atoms with E-state index in [2.05, 4.69) is 37.9 Å². The Morgan fingerprint density at radius 3 is 2.33 bits per heavy atom. The van der Waals surface area contributed by atoms with Crippen LogP contribution in [0.25, 0.3) is 11.1 Å². The number of ether oxygens (including phenoxy) is 3. The Kier molecular flexibility index (Phi) is 12.1. The van der Waals surface area contributed by atoms with Crippen LogP contribution in [0.3, 0.4) is 0 Å². The van der Waals surface area contributed by atoms with Crippen LogP contribution in [0.15, 0.2) is 103 Å². The van der Waals surface area contributed by atoms with Gasteiger partial charge in [0.2, 0.25) is 5.91 Å². The van der Waals surface area contributed by atoms with Crippen molar-refractivity contribution in [2.24, 2.45) is 0 Å². The van der Waals surface area contributed by atoms with Crippen LogP contribution >= 0.6 is 0 Å². The van der Waals surface area contributed by atoms with E-state index < -0.39 is 23.8 Å². The number of para-hydroxylation sites is 1. The van der Waals surface area contributed by atoms with Gasteiger partial charge in [-0.15, -0.1) is 0 Å². The van der Waals surface area contributed by atoms with Crippen LogP contribution in [0.1, 0.15) is 60.8 Å². The maximum atomic E-state index is 13.3. The first-order valence-corrected chi connectivity index (χ1v) is 19.0. The van der Waals surface area contributed by atoms with Crippen molar-refractivity contribution in [3.8, 4) is 11.1 Å². The Balaban J connectivity index is 1.03. The first-order valence-electron chi connectivity index (χ1n) is 19.0. The van der Waals surface area contributed by atoms with Gasteiger partial charge < -0.3 is 45.1 Å². The van der Waals surface area contributed by atoms with Crippen LogP contribution < -0.4 is 20.9 Å². The average molecular weight is 748 g/mol. The molecule has 4 N–H and O–H groups in total. The lowest BCUT2D eigenvalue weighted by Crippen LogP contribution is -2.57. The summed E-state index contributed by atoms with van der Waals surface area (Å²) in [6, 6.07) is 33.5. The molecule has 0 radical (unpaired) electrons. The van der Waals surface area contributed by atoms with Crippen LogP contribution in [0, 0.1) is 0 Å². The lowest BCUT2D eigenvalue weighted by Gasteiger charge is -2.45. The second kappa shape index (κ2) is 17.5. The van der Waals surface area contributed by atoms with E-state index in [1.807, 2.05) is 91.0 Å². The van der Waals surface area contributed by atoms with Crippen molar-refractivity contribution in [3.63, 3.8) is 0 Å². The van der Waals surface area contributed by atoms with Gasteiger partial charge in [-0.25, -0.2) is 4.79 Å². The molecule has 3 aliphatic heterocycles. The molecular weight excluding hydrogens is 699 g/mol. The standard InChI is InChI=1S/C43H49N5O7/c1-2-53-39(50)26-45-42(52)44-25-34-8-6-7-11-37(34)31-16-18-33(19-17-31)40-54-36(24-38(55-40)32-14-12-30(28-49)13-15-32)27-47-22-20-43(21-23-47)41(51)46-29-48(43)35-9-4-3-5-10-35/h3-19,36,38,40,49H,2,20-29H2,1H3,(H,46,51)(H2,44,45,52). The van der Waals surface area contributed by atoms with E-state index in [0.29, 0.717) is 19.6 Å². The summed E-state index contributed by atoms with van der Waals surface area (Å²) in [6.45, 7) is 4.78. The van der Waals surface area contributed by atoms with Crippen molar-refractivity contribution in [2.45, 2.75) is 63.4 Å². The Bertz CT molecular complexity index is 1920. The monoisotopic (exact) mass is 747 g/mol. The van der Waals surface area contributed by atoms with E-state index in [0.717, 1.165) is 65.0 Å². The second-order valence-corrected chi connectivity index (χ2v) is 14.2. The Hall–Kier alpha value is -5.27. The summed E-state index contributed by atoms with van der Waals surface area (Å²) in [7, 11) is 0. The molecule has 288 valence electrons. The molecule has 7 rings (SSSR count). The van der Waals surface area contributed by atoms with E-state index in [1.165, 1.54) is 0 Å². The number of aliphatic hydroxyl groups is 1. The van der Waals surface area contributed by atoms with Gasteiger partial charge in [-0.1, -0.05) is 91.0 Å². The third-order valence-electron chi connectivity index (χ3n) is 10.8. The minimum atomic E-state index is -0.611. The van der Waals surface area contributed by atoms with E-state index in [1.54, 1.807) is 6.92 Å². The minimum Gasteiger partial charge on any atom is -0.465 e. The fourth-order valence-corrected chi connectivity index (χ4v) is 7.84. The maximum Gasteiger partial charge on any atom is 0.325 e. The molecule has 0 aliphatic carbocycles. The number of hydrogen-bond acceptors (Lipinski definition) is 9. The number of amides is 3. The van der Waals surface area contributed by atoms with Crippen molar-refractivity contribution >= 4 is 23.6 Å². The van der Waals surface area contributed by atoms with Gasteiger partial charge in [-0.05, 0) is 59.7 Å². The lowest BCUT2D eigenvalue weighted by molar-refractivity contribution is -0.253. The van der Waals surface area contributed by atoms with Crippen LogP contribution in [0.2, 0.25) is 0 Å². The molecule has 3 aliphatic rings. The number of carbonyl (C=O) groups is 3. The number of rotatable bonds is 12. The summed E-state index contributed by atoms with van der Waals surface area (Å²) in [6.07, 6.45) is 1.16. The molecule has 3 amide bonds. The van der Waals surface area contributed by atoms with Gasteiger partial charge in [-0.2, -0.15) is 0 Å². The Labute approximate surface area is 321 Å². The average Bonchev–Trinajstić information content (AvgIpc) is 3.54. The zero-order valence-electron chi connectivity index (χ0n) is 31.1. The van der Waals surface area contributed by atoms with Gasteiger partial charge in [0.05, 0.1) is 32.1 Å². The molecule has 4 aromatic carbocycles. The van der Waals surface area contributed by atoms with Crippen molar-refractivity contribution in [1.29, 1.82) is 0 Å². The fraction of sp³-hybridized carbons (Fsp3) is 0.372. The summed E-state index contributed by atoms with van der Waals surface area (Å²) in [5.74, 6) is -0.389. The summed E-state index contributed by atoms with van der Waals surface area (Å²) in [4.78, 5) is 41.9. The predicted octanol–water partition coefficient (Wildman–Crippen LogP) is 5.18. The molecule has 0 aromatic heterocycles. The van der Waals surface area contributed by atoms with Gasteiger partial charge in [-0.3, -0.25) is 9.59 Å². The number of aliphatic hydroxyl groups excluding tert-OH is 1. The largest absolute Gasteiger partial charge is 0.465 e. The van der Waals surface area contributed by atoms with Gasteiger partial charge in [0.15, 0.2) is 6.29 Å². The molecule has 3 heterocycles. The highest BCUT2D eigenvalue weighted by atomic mass is 16.7. The first-order chi connectivity index (χ1) is 26.8. The molecule has 3 unspecified atom stereocenters. The topological polar surface area (TPSA) is 142 Å². The lowest BCUT2D eigenvalue weighted by atomic mass is 9.85. The van der Waals surface area contributed by atoms with Crippen LogP contribution in [-0.4, -0.2) is 79.0 Å². The number of piperidine rings is 1. The van der Waals surface area contributed by atoms with E-state index in [9.17, 15) is 19.5 Å². The number of nitrogens with zero attached hydrogens (tertiary/aromatic N) is 2. The van der Waals surface area contributed by atoms with Crippen molar-refractivity contribution < 1.29 is 33.7 Å². The SMILES string of the molecule is CCOC(=O)CNC(=O)NCc1ccccc1-c1ccc(C2OC(CN3CCC4(CC3)C(=O)NCN4c3ccccc3)CC(c3ccc(CO)cc3)O2)cc1. The van der Waals surface area contributed by atoms with Gasteiger partial charge in [0, 0.05) is 43.9 Å². The van der Waals surface area contributed by atoms with E-state index in [-0.39, 0.29) is 44.4 Å². The van der Waals surface area contributed by atoms with Crippen LogP contribution in [0.4, 0.5) is 10.5 Å². The molecule has 4 aromatic rings. The molecule has 12 heteroatoms. The molecule has 3 fully saturated rings. The van der Waals surface area contributed by atoms with Crippen LogP contribution in [-0.2, 0) is 37.0 Å². The maximum absolute atomic E-state index is 13.3. The quantitative estimate of drug-likeness (QED) is 0.144. The van der Waals surface area contributed by atoms with E-state index >= 15 is 0 Å². The van der Waals surface area contributed by atoms with Gasteiger partial charge in [0.25, 0.3) is 0 Å². The normalized spacial score (nSPS) is 20.9. The first kappa shape index (κ1) is 38.0. The molecule has 1 spiro atoms. The molecular formula is C43H49N5O7. The molecule has 3 atom stereocenters. The highest BCUT2D eigenvalue weighted by Gasteiger charge is 2.50. The van der Waals surface area contributed by atoms with Crippen molar-refractivity contribution in [1.82, 2.24) is 20.9 Å². The summed E-state index contributed by atoms with van der Waals surface area (Å²) < 4.78 is 18.2. The predicted molar refractivity (Wildman–Crippen MR) is 208 cm³/mol. The summed E-state index contributed by atoms with van der Waals surface area (Å²) in [5.41, 5.74) is 6.12.